The highest BCUT2D eigenvalue weighted by atomic mass is 19.4. The summed E-state index contributed by atoms with van der Waals surface area (Å²) in [6.45, 7) is -0.996. The molecule has 0 bridgehead atoms. The first-order valence-electron chi connectivity index (χ1n) is 6.73. The van der Waals surface area contributed by atoms with E-state index in [0.717, 1.165) is 4.90 Å². The van der Waals surface area contributed by atoms with Crippen molar-refractivity contribution in [1.29, 1.82) is 0 Å². The van der Waals surface area contributed by atoms with Gasteiger partial charge in [0, 0.05) is 19.3 Å². The van der Waals surface area contributed by atoms with Crippen molar-refractivity contribution in [3.8, 4) is 0 Å². The van der Waals surface area contributed by atoms with Crippen molar-refractivity contribution in [2.24, 2.45) is 0 Å². The Hall–Kier alpha value is -2.25. The van der Waals surface area contributed by atoms with Crippen molar-refractivity contribution >= 4 is 17.6 Å². The van der Waals surface area contributed by atoms with E-state index in [4.69, 9.17) is 0 Å². The number of para-hydroxylation sites is 1. The molecule has 1 N–H and O–H groups in total. The molecule has 1 heterocycles. The fourth-order valence-corrected chi connectivity index (χ4v) is 2.33. The summed E-state index contributed by atoms with van der Waals surface area (Å²) in [7, 11) is 1.32. The van der Waals surface area contributed by atoms with Gasteiger partial charge in [0.05, 0.1) is 0 Å². The molecule has 1 aromatic carbocycles. The van der Waals surface area contributed by atoms with E-state index < -0.39 is 24.8 Å². The number of carbonyl (C=O) groups excluding carboxylic acids is 2. The summed E-state index contributed by atoms with van der Waals surface area (Å²) in [6.07, 6.45) is -4.10. The molecular weight excluding hydrogens is 299 g/mol. The van der Waals surface area contributed by atoms with E-state index in [-0.39, 0.29) is 5.91 Å². The zero-order valence-corrected chi connectivity index (χ0v) is 11.9. The third-order valence-electron chi connectivity index (χ3n) is 3.47. The summed E-state index contributed by atoms with van der Waals surface area (Å²) < 4.78 is 36.3. The molecule has 0 radical (unpaired) electrons. The summed E-state index contributed by atoms with van der Waals surface area (Å²) in [4.78, 5) is 26.6. The molecule has 22 heavy (non-hydrogen) atoms. The SMILES string of the molecule is CN(C(=O)NCC(F)(F)F)[C@H]1CCN(c2ccccc2)C1=O. The van der Waals surface area contributed by atoms with Crippen LogP contribution in [-0.2, 0) is 4.79 Å². The minimum Gasteiger partial charge on any atom is -0.329 e. The van der Waals surface area contributed by atoms with Gasteiger partial charge in [0.1, 0.15) is 12.6 Å². The third-order valence-corrected chi connectivity index (χ3v) is 3.47. The molecule has 5 nitrogen and oxygen atoms in total. The molecule has 120 valence electrons. The lowest BCUT2D eigenvalue weighted by Crippen LogP contribution is -2.49. The standard InChI is InChI=1S/C14H16F3N3O2/c1-19(13(22)18-9-14(15,16)17)11-7-8-20(12(11)21)10-5-3-2-4-6-10/h2-6,11H,7-9H2,1H3,(H,18,22)/t11-/m0/s1. The van der Waals surface area contributed by atoms with E-state index in [1.807, 2.05) is 6.07 Å². The highest BCUT2D eigenvalue weighted by molar-refractivity contribution is 6.01. The fourth-order valence-electron chi connectivity index (χ4n) is 2.33. The topological polar surface area (TPSA) is 52.7 Å². The number of rotatable bonds is 3. The lowest BCUT2D eigenvalue weighted by molar-refractivity contribution is -0.123. The molecule has 1 saturated heterocycles. The van der Waals surface area contributed by atoms with Crippen LogP contribution in [0.1, 0.15) is 6.42 Å². The smallest absolute Gasteiger partial charge is 0.329 e. The van der Waals surface area contributed by atoms with E-state index in [9.17, 15) is 22.8 Å². The van der Waals surface area contributed by atoms with E-state index in [2.05, 4.69) is 0 Å². The molecule has 1 aromatic rings. The van der Waals surface area contributed by atoms with Crippen molar-refractivity contribution in [2.75, 3.05) is 25.0 Å². The second kappa shape index (κ2) is 6.25. The number of likely N-dealkylation sites (N-methyl/N-ethyl adjacent to an activating group) is 1. The van der Waals surface area contributed by atoms with Crippen molar-refractivity contribution in [2.45, 2.75) is 18.6 Å². The maximum absolute atomic E-state index is 12.3. The van der Waals surface area contributed by atoms with Crippen LogP contribution in [0, 0.1) is 0 Å². The molecule has 1 atom stereocenters. The number of carbonyl (C=O) groups is 2. The molecule has 1 aliphatic rings. The maximum Gasteiger partial charge on any atom is 0.405 e. The molecule has 1 aliphatic heterocycles. The molecule has 2 rings (SSSR count). The number of hydrogen-bond acceptors (Lipinski definition) is 2. The molecule has 0 spiro atoms. The van der Waals surface area contributed by atoms with Crippen LogP contribution < -0.4 is 10.2 Å². The zero-order valence-electron chi connectivity index (χ0n) is 11.9. The number of hydrogen-bond donors (Lipinski definition) is 1. The fraction of sp³-hybridized carbons (Fsp3) is 0.429. The van der Waals surface area contributed by atoms with E-state index >= 15 is 0 Å². The summed E-state index contributed by atoms with van der Waals surface area (Å²) >= 11 is 0. The van der Waals surface area contributed by atoms with E-state index in [0.29, 0.717) is 18.7 Å². The minimum atomic E-state index is -4.48. The van der Waals surface area contributed by atoms with Gasteiger partial charge < -0.3 is 15.1 Å². The van der Waals surface area contributed by atoms with Gasteiger partial charge in [-0.1, -0.05) is 18.2 Å². The van der Waals surface area contributed by atoms with E-state index in [1.165, 1.54) is 11.9 Å². The average molecular weight is 315 g/mol. The summed E-state index contributed by atoms with van der Waals surface area (Å²) in [6, 6.07) is 7.26. The average Bonchev–Trinajstić information content (AvgIpc) is 2.86. The van der Waals surface area contributed by atoms with Gasteiger partial charge in [-0.2, -0.15) is 13.2 Å². The number of benzene rings is 1. The van der Waals surface area contributed by atoms with Gasteiger partial charge in [-0.05, 0) is 18.6 Å². The Morgan fingerprint density at radius 2 is 2.00 bits per heavy atom. The summed E-state index contributed by atoms with van der Waals surface area (Å²) in [5, 5.41) is 1.77. The van der Waals surface area contributed by atoms with Gasteiger partial charge in [0.15, 0.2) is 0 Å². The number of anilines is 1. The van der Waals surface area contributed by atoms with Gasteiger partial charge in [-0.25, -0.2) is 4.79 Å². The zero-order chi connectivity index (χ0) is 16.3. The van der Waals surface area contributed by atoms with Crippen LogP contribution in [-0.4, -0.2) is 49.2 Å². The number of amides is 3. The van der Waals surface area contributed by atoms with Crippen LogP contribution in [0.4, 0.5) is 23.7 Å². The van der Waals surface area contributed by atoms with Crippen LogP contribution in [0.15, 0.2) is 30.3 Å². The predicted octanol–water partition coefficient (Wildman–Crippen LogP) is 2.00. The Balaban J connectivity index is 1.99. The molecule has 0 saturated carbocycles. The molecule has 3 amide bonds. The summed E-state index contributed by atoms with van der Waals surface area (Å²) in [5.74, 6) is -0.296. The van der Waals surface area contributed by atoms with Crippen molar-refractivity contribution in [3.63, 3.8) is 0 Å². The van der Waals surface area contributed by atoms with Gasteiger partial charge in [-0.3, -0.25) is 4.79 Å². The van der Waals surface area contributed by atoms with E-state index in [1.54, 1.807) is 29.6 Å². The maximum atomic E-state index is 12.3. The predicted molar refractivity (Wildman–Crippen MR) is 74.4 cm³/mol. The molecule has 0 unspecified atom stereocenters. The Kier molecular flexibility index (Phi) is 4.58. The first-order chi connectivity index (χ1) is 10.3. The van der Waals surface area contributed by atoms with Crippen LogP contribution in [0.3, 0.4) is 0 Å². The molecule has 0 aliphatic carbocycles. The van der Waals surface area contributed by atoms with Crippen LogP contribution in [0.25, 0.3) is 0 Å². The Morgan fingerprint density at radius 3 is 2.59 bits per heavy atom. The molecule has 8 heteroatoms. The monoisotopic (exact) mass is 315 g/mol. The normalized spacial score (nSPS) is 18.5. The number of urea groups is 1. The number of nitrogens with zero attached hydrogens (tertiary/aromatic N) is 2. The lowest BCUT2D eigenvalue weighted by atomic mass is 10.2. The Bertz CT molecular complexity index is 548. The Morgan fingerprint density at radius 1 is 1.36 bits per heavy atom. The summed E-state index contributed by atoms with van der Waals surface area (Å²) in [5.41, 5.74) is 0.707. The largest absolute Gasteiger partial charge is 0.405 e. The van der Waals surface area contributed by atoms with Gasteiger partial charge in [-0.15, -0.1) is 0 Å². The highest BCUT2D eigenvalue weighted by Gasteiger charge is 2.38. The number of halogens is 3. The second-order valence-electron chi connectivity index (χ2n) is 5.01. The first-order valence-corrected chi connectivity index (χ1v) is 6.73. The van der Waals surface area contributed by atoms with Crippen molar-refractivity contribution < 1.29 is 22.8 Å². The molecule has 0 aromatic heterocycles. The quantitative estimate of drug-likeness (QED) is 0.927. The Labute approximate surface area is 125 Å². The van der Waals surface area contributed by atoms with Gasteiger partial charge in [0.2, 0.25) is 5.91 Å². The van der Waals surface area contributed by atoms with Crippen LogP contribution >= 0.6 is 0 Å². The lowest BCUT2D eigenvalue weighted by Gasteiger charge is -2.24. The first kappa shape index (κ1) is 16.1. The highest BCUT2D eigenvalue weighted by Crippen LogP contribution is 2.23. The van der Waals surface area contributed by atoms with Crippen LogP contribution in [0.2, 0.25) is 0 Å². The third kappa shape index (κ3) is 3.69. The van der Waals surface area contributed by atoms with Crippen molar-refractivity contribution in [1.82, 2.24) is 10.2 Å². The number of alkyl halides is 3. The van der Waals surface area contributed by atoms with Gasteiger partial charge >= 0.3 is 12.2 Å². The minimum absolute atomic E-state index is 0.296. The number of nitrogens with one attached hydrogen (secondary N) is 1. The van der Waals surface area contributed by atoms with Gasteiger partial charge in [0.25, 0.3) is 0 Å². The second-order valence-corrected chi connectivity index (χ2v) is 5.01. The molecule has 1 fully saturated rings. The molecular formula is C14H16F3N3O2. The van der Waals surface area contributed by atoms with Crippen molar-refractivity contribution in [3.05, 3.63) is 30.3 Å². The van der Waals surface area contributed by atoms with Crippen LogP contribution in [0.5, 0.6) is 0 Å².